The van der Waals surface area contributed by atoms with Crippen molar-refractivity contribution in [1.82, 2.24) is 15.7 Å². The van der Waals surface area contributed by atoms with Crippen LogP contribution in [0.25, 0.3) is 0 Å². The Morgan fingerprint density at radius 2 is 2.00 bits per heavy atom. The fraction of sp³-hybridized carbons (Fsp3) is 0.500. The van der Waals surface area contributed by atoms with Crippen LogP contribution in [0.5, 0.6) is 0 Å². The van der Waals surface area contributed by atoms with Gasteiger partial charge >= 0.3 is 0 Å². The normalized spacial score (nSPS) is 11.6. The van der Waals surface area contributed by atoms with Gasteiger partial charge in [-0.2, -0.15) is 0 Å². The van der Waals surface area contributed by atoms with Crippen LogP contribution < -0.4 is 5.73 Å². The Hall–Kier alpha value is -0.610. The number of thioether (sulfide) groups is 1. The van der Waals surface area contributed by atoms with Crippen LogP contribution in [0.15, 0.2) is 23.6 Å². The first-order chi connectivity index (χ1) is 5.58. The Bertz CT molecular complexity index is 230. The van der Waals surface area contributed by atoms with Crippen LogP contribution in [0.3, 0.4) is 0 Å². The van der Waals surface area contributed by atoms with E-state index in [1.807, 2.05) is 13.8 Å². The lowest BCUT2D eigenvalue weighted by atomic mass is 10.1. The minimum absolute atomic E-state index is 0.413. The molecule has 0 aliphatic rings. The molecule has 0 aromatic carbocycles. The second-order valence-electron chi connectivity index (χ2n) is 3.20. The monoisotopic (exact) mass is 182 g/mol. The fourth-order valence-corrected chi connectivity index (χ4v) is 1.37. The Kier molecular flexibility index (Phi) is 3.05. The van der Waals surface area contributed by atoms with Gasteiger partial charge in [-0.1, -0.05) is 11.8 Å². The second kappa shape index (κ2) is 3.87. The molecular formula is C8H12N3S. The molecule has 0 unspecified atom stereocenters. The number of hydrogen-bond acceptors (Lipinski definition) is 3. The van der Waals surface area contributed by atoms with Gasteiger partial charge in [-0.15, -0.1) is 0 Å². The predicted octanol–water partition coefficient (Wildman–Crippen LogP) is 1.63. The van der Waals surface area contributed by atoms with E-state index in [9.17, 15) is 0 Å². The van der Waals surface area contributed by atoms with Crippen molar-refractivity contribution in [1.29, 1.82) is 0 Å². The van der Waals surface area contributed by atoms with Crippen molar-refractivity contribution in [2.45, 2.75) is 24.5 Å². The summed E-state index contributed by atoms with van der Waals surface area (Å²) in [5.41, 5.74) is 7.19. The van der Waals surface area contributed by atoms with Crippen LogP contribution in [0, 0.1) is 0 Å². The van der Waals surface area contributed by atoms with Crippen molar-refractivity contribution in [3.63, 3.8) is 0 Å². The van der Waals surface area contributed by atoms with E-state index in [4.69, 9.17) is 5.73 Å². The van der Waals surface area contributed by atoms with Gasteiger partial charge in [0.1, 0.15) is 0 Å². The van der Waals surface area contributed by atoms with Crippen molar-refractivity contribution < 1.29 is 0 Å². The van der Waals surface area contributed by atoms with E-state index >= 15 is 0 Å². The standard InChI is InChI=1S/C8H12N3S/c1-8(2,9)6-12-7-10-4-3-5-11-7/h3-5,9H,6H2,1-2H3. The molecule has 0 aliphatic carbocycles. The van der Waals surface area contributed by atoms with Gasteiger partial charge in [0, 0.05) is 23.7 Å². The third-order valence-electron chi connectivity index (χ3n) is 1.10. The van der Waals surface area contributed by atoms with Gasteiger partial charge in [-0.3, -0.25) is 5.73 Å². The summed E-state index contributed by atoms with van der Waals surface area (Å²) in [6, 6.07) is 1.79. The molecular weight excluding hydrogens is 170 g/mol. The molecule has 0 bridgehead atoms. The van der Waals surface area contributed by atoms with Gasteiger partial charge in [-0.05, 0) is 19.9 Å². The lowest BCUT2D eigenvalue weighted by Gasteiger charge is -2.14. The molecule has 0 atom stereocenters. The second-order valence-corrected chi connectivity index (χ2v) is 4.15. The molecule has 65 valence electrons. The molecule has 1 N–H and O–H groups in total. The summed E-state index contributed by atoms with van der Waals surface area (Å²) in [7, 11) is 0. The van der Waals surface area contributed by atoms with Crippen LogP contribution in [-0.4, -0.2) is 21.3 Å². The topological polar surface area (TPSA) is 49.6 Å². The predicted molar refractivity (Wildman–Crippen MR) is 49.9 cm³/mol. The minimum Gasteiger partial charge on any atom is -0.251 e. The van der Waals surface area contributed by atoms with Gasteiger partial charge < -0.3 is 0 Å². The summed E-state index contributed by atoms with van der Waals surface area (Å²) in [5, 5.41) is 0.748. The highest BCUT2D eigenvalue weighted by Crippen LogP contribution is 2.16. The van der Waals surface area contributed by atoms with Gasteiger partial charge in [0.25, 0.3) is 0 Å². The lowest BCUT2D eigenvalue weighted by Crippen LogP contribution is -2.24. The Morgan fingerprint density at radius 3 is 2.50 bits per heavy atom. The van der Waals surface area contributed by atoms with Gasteiger partial charge in [0.05, 0.1) is 0 Å². The summed E-state index contributed by atoms with van der Waals surface area (Å²) < 4.78 is 0. The first kappa shape index (κ1) is 9.48. The summed E-state index contributed by atoms with van der Waals surface area (Å²) in [4.78, 5) is 8.10. The third kappa shape index (κ3) is 3.69. The van der Waals surface area contributed by atoms with Crippen LogP contribution in [0.2, 0.25) is 0 Å². The summed E-state index contributed by atoms with van der Waals surface area (Å²) in [6.45, 7) is 3.76. The first-order valence-corrected chi connectivity index (χ1v) is 4.71. The molecule has 1 aromatic heterocycles. The van der Waals surface area contributed by atoms with Crippen molar-refractivity contribution in [3.05, 3.63) is 18.5 Å². The van der Waals surface area contributed by atoms with E-state index in [0.29, 0.717) is 0 Å². The minimum atomic E-state index is -0.413. The largest absolute Gasteiger partial charge is 0.251 e. The quantitative estimate of drug-likeness (QED) is 0.527. The average molecular weight is 182 g/mol. The molecule has 0 saturated carbocycles. The van der Waals surface area contributed by atoms with Gasteiger partial charge in [-0.25, -0.2) is 9.97 Å². The average Bonchev–Trinajstić information content (AvgIpc) is 2.02. The highest BCUT2D eigenvalue weighted by Gasteiger charge is 2.12. The molecule has 1 heterocycles. The summed E-state index contributed by atoms with van der Waals surface area (Å²) in [5.74, 6) is 0.719. The zero-order valence-corrected chi connectivity index (χ0v) is 8.06. The van der Waals surface area contributed by atoms with Crippen LogP contribution >= 0.6 is 11.8 Å². The molecule has 12 heavy (non-hydrogen) atoms. The van der Waals surface area contributed by atoms with E-state index in [2.05, 4.69) is 9.97 Å². The van der Waals surface area contributed by atoms with Crippen molar-refractivity contribution >= 4 is 11.8 Å². The first-order valence-electron chi connectivity index (χ1n) is 3.73. The number of rotatable bonds is 3. The molecule has 0 fully saturated rings. The van der Waals surface area contributed by atoms with E-state index < -0.39 is 5.54 Å². The van der Waals surface area contributed by atoms with Crippen LogP contribution in [0.4, 0.5) is 0 Å². The molecule has 0 saturated heterocycles. The van der Waals surface area contributed by atoms with Crippen LogP contribution in [-0.2, 0) is 0 Å². The van der Waals surface area contributed by atoms with Gasteiger partial charge in [0.15, 0.2) is 5.16 Å². The maximum atomic E-state index is 7.60. The van der Waals surface area contributed by atoms with E-state index in [-0.39, 0.29) is 0 Å². The Labute approximate surface area is 76.8 Å². The van der Waals surface area contributed by atoms with Crippen LogP contribution in [0.1, 0.15) is 13.8 Å². The molecule has 0 amide bonds. The number of nitrogens with zero attached hydrogens (tertiary/aromatic N) is 2. The summed E-state index contributed by atoms with van der Waals surface area (Å²) in [6.07, 6.45) is 3.43. The third-order valence-corrected chi connectivity index (χ3v) is 2.44. The SMILES string of the molecule is CC(C)([NH])CSc1ncccn1. The Morgan fingerprint density at radius 1 is 1.42 bits per heavy atom. The molecule has 0 spiro atoms. The van der Waals surface area contributed by atoms with Crippen molar-refractivity contribution in [3.8, 4) is 0 Å². The number of aromatic nitrogens is 2. The zero-order chi connectivity index (χ0) is 9.03. The van der Waals surface area contributed by atoms with E-state index in [0.717, 1.165) is 10.9 Å². The molecule has 1 rings (SSSR count). The maximum Gasteiger partial charge on any atom is 0.187 e. The zero-order valence-electron chi connectivity index (χ0n) is 7.24. The number of hydrogen-bond donors (Lipinski definition) is 0. The maximum absolute atomic E-state index is 7.60. The highest BCUT2D eigenvalue weighted by atomic mass is 32.2. The van der Waals surface area contributed by atoms with E-state index in [1.165, 1.54) is 11.8 Å². The Balaban J connectivity index is 2.44. The molecule has 1 aromatic rings. The molecule has 4 heteroatoms. The van der Waals surface area contributed by atoms with Crippen molar-refractivity contribution in [2.75, 3.05) is 5.75 Å². The molecule has 3 nitrogen and oxygen atoms in total. The molecule has 1 radical (unpaired) electrons. The van der Waals surface area contributed by atoms with Crippen molar-refractivity contribution in [2.24, 2.45) is 0 Å². The highest BCUT2D eigenvalue weighted by molar-refractivity contribution is 7.99. The fourth-order valence-electron chi connectivity index (χ4n) is 0.605. The van der Waals surface area contributed by atoms with Gasteiger partial charge in [0.2, 0.25) is 0 Å². The summed E-state index contributed by atoms with van der Waals surface area (Å²) >= 11 is 1.52. The smallest absolute Gasteiger partial charge is 0.187 e. The number of nitrogens with one attached hydrogen (secondary N) is 1. The lowest BCUT2D eigenvalue weighted by molar-refractivity contribution is 0.568. The van der Waals surface area contributed by atoms with E-state index in [1.54, 1.807) is 18.5 Å². The molecule has 0 aliphatic heterocycles.